The number of carbonyl (C=O) groups is 1. The third-order valence-electron chi connectivity index (χ3n) is 5.15. The molecule has 3 rings (SSSR count). The lowest BCUT2D eigenvalue weighted by Crippen LogP contribution is -2.35. The number of hydrogen-bond donors (Lipinski definition) is 1. The number of amides is 1. The molecule has 1 aliphatic carbocycles. The molecule has 0 radical (unpaired) electrons. The molecule has 1 atom stereocenters. The van der Waals surface area contributed by atoms with E-state index in [0.29, 0.717) is 12.5 Å². The fourth-order valence-corrected chi connectivity index (χ4v) is 4.12. The summed E-state index contributed by atoms with van der Waals surface area (Å²) in [5.41, 5.74) is 5.91. The highest BCUT2D eigenvalue weighted by Crippen LogP contribution is 2.37. The molecule has 1 heterocycles. The van der Waals surface area contributed by atoms with Gasteiger partial charge in [0.05, 0.1) is 6.04 Å². The molecule has 3 nitrogen and oxygen atoms in total. The molecule has 1 amide bonds. The van der Waals surface area contributed by atoms with E-state index in [1.165, 1.54) is 22.3 Å². The molecule has 0 aromatic heterocycles. The van der Waals surface area contributed by atoms with Crippen LogP contribution in [0.4, 0.5) is 0 Å². The second-order valence-corrected chi connectivity index (χ2v) is 9.30. The van der Waals surface area contributed by atoms with Gasteiger partial charge in [-0.3, -0.25) is 4.79 Å². The molecule has 1 aromatic carbocycles. The fourth-order valence-electron chi connectivity index (χ4n) is 3.90. The Labute approximate surface area is 167 Å². The molecule has 1 aliphatic heterocycles. The summed E-state index contributed by atoms with van der Waals surface area (Å²) in [6.45, 7) is 11.3. The summed E-state index contributed by atoms with van der Waals surface area (Å²) in [6.07, 6.45) is 5.79. The molecule has 0 saturated carbocycles. The van der Waals surface area contributed by atoms with Gasteiger partial charge in [0.25, 0.3) is 0 Å². The minimum Gasteiger partial charge on any atom is -0.366 e. The van der Waals surface area contributed by atoms with E-state index in [9.17, 15) is 4.79 Å². The highest BCUT2D eigenvalue weighted by Gasteiger charge is 2.32. The number of nitrogens with zero attached hydrogens (tertiary/aromatic N) is 1. The average molecular weight is 385 g/mol. The first-order chi connectivity index (χ1) is 12.6. The van der Waals surface area contributed by atoms with E-state index in [0.717, 1.165) is 23.7 Å². The maximum atomic E-state index is 12.4. The summed E-state index contributed by atoms with van der Waals surface area (Å²) in [5.74, 6) is 0.0908. The molecule has 1 aromatic rings. The maximum absolute atomic E-state index is 12.4. The largest absolute Gasteiger partial charge is 0.366 e. The Morgan fingerprint density at radius 1 is 1.30 bits per heavy atom. The van der Waals surface area contributed by atoms with Crippen LogP contribution in [-0.4, -0.2) is 16.8 Å². The predicted molar refractivity (Wildman–Crippen MR) is 112 cm³/mol. The van der Waals surface area contributed by atoms with Gasteiger partial charge in [0.1, 0.15) is 0 Å². The molecule has 4 heteroatoms. The van der Waals surface area contributed by atoms with E-state index in [2.05, 4.69) is 63.2 Å². The molecule has 0 bridgehead atoms. The molecule has 1 N–H and O–H groups in total. The van der Waals surface area contributed by atoms with Gasteiger partial charge in [0.2, 0.25) is 5.91 Å². The number of nitrogens with one attached hydrogen (secondary N) is 1. The molecule has 1 unspecified atom stereocenters. The van der Waals surface area contributed by atoms with Gasteiger partial charge in [-0.1, -0.05) is 44.5 Å². The van der Waals surface area contributed by atoms with Crippen LogP contribution in [0.2, 0.25) is 5.02 Å². The second-order valence-electron chi connectivity index (χ2n) is 8.86. The van der Waals surface area contributed by atoms with Crippen molar-refractivity contribution in [1.82, 2.24) is 10.2 Å². The Hall–Kier alpha value is -2.00. The van der Waals surface area contributed by atoms with Crippen molar-refractivity contribution in [3.63, 3.8) is 0 Å². The van der Waals surface area contributed by atoms with E-state index < -0.39 is 0 Å². The van der Waals surface area contributed by atoms with Crippen molar-refractivity contribution in [2.24, 2.45) is 5.41 Å². The van der Waals surface area contributed by atoms with Crippen molar-refractivity contribution >= 4 is 17.5 Å². The van der Waals surface area contributed by atoms with E-state index in [-0.39, 0.29) is 11.3 Å². The fraction of sp³-hybridized carbons (Fsp3) is 0.435. The lowest BCUT2D eigenvalue weighted by Gasteiger charge is -2.33. The van der Waals surface area contributed by atoms with Gasteiger partial charge in [0, 0.05) is 29.9 Å². The Bertz CT molecular complexity index is 842. The zero-order valence-electron chi connectivity index (χ0n) is 16.9. The number of carbonyl (C=O) groups excluding carboxylic acids is 1. The van der Waals surface area contributed by atoms with Gasteiger partial charge in [-0.2, -0.15) is 0 Å². The third-order valence-corrected chi connectivity index (χ3v) is 5.38. The number of fused-ring (bicyclic) bond motifs is 1. The van der Waals surface area contributed by atoms with Crippen LogP contribution < -0.4 is 5.32 Å². The van der Waals surface area contributed by atoms with Gasteiger partial charge in [-0.25, -0.2) is 0 Å². The summed E-state index contributed by atoms with van der Waals surface area (Å²) in [7, 11) is 0. The quantitative estimate of drug-likeness (QED) is 0.734. The van der Waals surface area contributed by atoms with Crippen LogP contribution in [0.1, 0.15) is 53.0 Å². The topological polar surface area (TPSA) is 32.3 Å². The Balaban J connectivity index is 1.75. The normalized spacial score (nSPS) is 19.6. The van der Waals surface area contributed by atoms with Gasteiger partial charge < -0.3 is 10.2 Å². The zero-order chi connectivity index (χ0) is 19.8. The molecular formula is C23H29ClN2O. The lowest BCUT2D eigenvalue weighted by atomic mass is 9.87. The van der Waals surface area contributed by atoms with Gasteiger partial charge in [-0.15, -0.1) is 0 Å². The van der Waals surface area contributed by atoms with Gasteiger partial charge in [0.15, 0.2) is 0 Å². The van der Waals surface area contributed by atoms with E-state index in [4.69, 9.17) is 11.6 Å². The first-order valence-corrected chi connectivity index (χ1v) is 9.91. The van der Waals surface area contributed by atoms with Crippen LogP contribution in [0.5, 0.6) is 0 Å². The van der Waals surface area contributed by atoms with Crippen molar-refractivity contribution in [3.05, 3.63) is 69.5 Å². The van der Waals surface area contributed by atoms with E-state index in [1.54, 1.807) is 0 Å². The number of benzene rings is 1. The smallest absolute Gasteiger partial charge is 0.224 e. The molecule has 0 fully saturated rings. The van der Waals surface area contributed by atoms with Gasteiger partial charge in [-0.05, 0) is 66.2 Å². The molecule has 0 saturated heterocycles. The summed E-state index contributed by atoms with van der Waals surface area (Å²) >= 11 is 6.13. The van der Waals surface area contributed by atoms with E-state index in [1.807, 2.05) is 18.2 Å². The lowest BCUT2D eigenvalue weighted by molar-refractivity contribution is -0.122. The van der Waals surface area contributed by atoms with E-state index >= 15 is 0 Å². The van der Waals surface area contributed by atoms with Crippen LogP contribution in [-0.2, 0) is 11.3 Å². The van der Waals surface area contributed by atoms with Crippen LogP contribution >= 0.6 is 11.6 Å². The van der Waals surface area contributed by atoms with Crippen molar-refractivity contribution in [2.75, 3.05) is 0 Å². The third kappa shape index (κ3) is 4.65. The Morgan fingerprint density at radius 3 is 2.70 bits per heavy atom. The maximum Gasteiger partial charge on any atom is 0.224 e. The van der Waals surface area contributed by atoms with Crippen LogP contribution in [0.3, 0.4) is 0 Å². The van der Waals surface area contributed by atoms with Crippen molar-refractivity contribution in [2.45, 2.75) is 60.0 Å². The second kappa shape index (κ2) is 7.55. The summed E-state index contributed by atoms with van der Waals surface area (Å²) in [5, 5.41) is 3.94. The predicted octanol–water partition coefficient (Wildman–Crippen LogP) is 5.58. The minimum atomic E-state index is -0.0161. The van der Waals surface area contributed by atoms with Crippen molar-refractivity contribution in [1.29, 1.82) is 0 Å². The number of allylic oxidation sites excluding steroid dienone is 1. The van der Waals surface area contributed by atoms with Crippen LogP contribution in [0.15, 0.2) is 59.0 Å². The standard InChI is InChI=1S/C23H29ClN2O/c1-15-11-20-19(16(2)22(15)25-21(27)13-23(3,4)5)9-10-26(20)14-17-7-6-8-18(24)12-17/h6-10,12,20H,11,13-14H2,1-5H3,(H,25,27). The number of rotatable bonds is 4. The molecule has 144 valence electrons. The summed E-state index contributed by atoms with van der Waals surface area (Å²) in [4.78, 5) is 14.8. The highest BCUT2D eigenvalue weighted by atomic mass is 35.5. The Morgan fingerprint density at radius 2 is 2.04 bits per heavy atom. The average Bonchev–Trinajstić information content (AvgIpc) is 2.92. The van der Waals surface area contributed by atoms with Gasteiger partial charge >= 0.3 is 0 Å². The minimum absolute atomic E-state index is 0.0161. The number of halogens is 1. The molecule has 2 aliphatic rings. The highest BCUT2D eigenvalue weighted by molar-refractivity contribution is 6.30. The monoisotopic (exact) mass is 384 g/mol. The Kier molecular flexibility index (Phi) is 5.53. The first-order valence-electron chi connectivity index (χ1n) is 9.53. The summed E-state index contributed by atoms with van der Waals surface area (Å²) < 4.78 is 0. The first kappa shape index (κ1) is 19.8. The SMILES string of the molecule is CC1=C(NC(=O)CC(C)(C)C)C(C)=C2C=CN(Cc3cccc(Cl)c3)C2C1. The summed E-state index contributed by atoms with van der Waals surface area (Å²) in [6, 6.07) is 8.35. The molecular weight excluding hydrogens is 356 g/mol. The van der Waals surface area contributed by atoms with Crippen molar-refractivity contribution in [3.8, 4) is 0 Å². The van der Waals surface area contributed by atoms with Crippen LogP contribution in [0.25, 0.3) is 0 Å². The van der Waals surface area contributed by atoms with Crippen LogP contribution in [0, 0.1) is 5.41 Å². The zero-order valence-corrected chi connectivity index (χ0v) is 17.7. The molecule has 27 heavy (non-hydrogen) atoms. The molecule has 0 spiro atoms. The van der Waals surface area contributed by atoms with Crippen molar-refractivity contribution < 1.29 is 4.79 Å². The number of hydrogen-bond acceptors (Lipinski definition) is 2.